The first-order chi connectivity index (χ1) is 9.11. The summed E-state index contributed by atoms with van der Waals surface area (Å²) in [4.78, 5) is 27.3. The molecule has 1 N–H and O–H groups in total. The fraction of sp³-hybridized carbons (Fsp3) is 0.583. The van der Waals surface area contributed by atoms with Gasteiger partial charge >= 0.3 is 5.69 Å². The first kappa shape index (κ1) is 13.5. The minimum atomic E-state index is -0.636. The van der Waals surface area contributed by atoms with Crippen molar-refractivity contribution >= 4 is 0 Å². The van der Waals surface area contributed by atoms with Crippen LogP contribution < -0.4 is 11.2 Å². The molecule has 1 atom stereocenters. The van der Waals surface area contributed by atoms with Crippen molar-refractivity contribution in [2.24, 2.45) is 0 Å². The number of rotatable bonds is 3. The summed E-state index contributed by atoms with van der Waals surface area (Å²) in [5.74, 6) is 0. The highest BCUT2D eigenvalue weighted by Gasteiger charge is 2.18. The minimum Gasteiger partial charge on any atom is -0.379 e. The molecule has 0 unspecified atom stereocenters. The van der Waals surface area contributed by atoms with Gasteiger partial charge in [-0.3, -0.25) is 19.2 Å². The lowest BCUT2D eigenvalue weighted by Crippen LogP contribution is -2.45. The highest BCUT2D eigenvalue weighted by atomic mass is 16.5. The fourth-order valence-corrected chi connectivity index (χ4v) is 2.14. The van der Waals surface area contributed by atoms with Gasteiger partial charge < -0.3 is 4.74 Å². The van der Waals surface area contributed by atoms with Gasteiger partial charge in [-0.15, -0.1) is 0 Å². The number of H-pyrrole nitrogens is 1. The zero-order valence-corrected chi connectivity index (χ0v) is 10.8. The summed E-state index contributed by atoms with van der Waals surface area (Å²) in [5.41, 5.74) is -1.17. The SMILES string of the molecule is C[C@@H](Cn1cc(C#N)c(=O)[nH]c1=O)N1CCOCC1. The third-order valence-corrected chi connectivity index (χ3v) is 3.26. The van der Waals surface area contributed by atoms with Crippen molar-refractivity contribution in [1.82, 2.24) is 14.5 Å². The highest BCUT2D eigenvalue weighted by Crippen LogP contribution is 2.05. The van der Waals surface area contributed by atoms with Crippen LogP contribution in [0.2, 0.25) is 0 Å². The van der Waals surface area contributed by atoms with E-state index in [1.165, 1.54) is 10.8 Å². The molecule has 1 aliphatic rings. The zero-order valence-electron chi connectivity index (χ0n) is 10.8. The van der Waals surface area contributed by atoms with Gasteiger partial charge in [-0.05, 0) is 6.92 Å². The maximum absolute atomic E-state index is 11.7. The van der Waals surface area contributed by atoms with Crippen molar-refractivity contribution in [2.75, 3.05) is 26.3 Å². The molecule has 0 bridgehead atoms. The Hall–Kier alpha value is -1.91. The quantitative estimate of drug-likeness (QED) is 0.766. The second-order valence-corrected chi connectivity index (χ2v) is 4.56. The summed E-state index contributed by atoms with van der Waals surface area (Å²) in [6.45, 7) is 5.47. The predicted molar refractivity (Wildman–Crippen MR) is 67.9 cm³/mol. The van der Waals surface area contributed by atoms with E-state index in [1.54, 1.807) is 6.07 Å². The molecular weight excluding hydrogens is 248 g/mol. The molecule has 0 aliphatic carbocycles. The number of aromatic nitrogens is 2. The summed E-state index contributed by atoms with van der Waals surface area (Å²) in [5, 5.41) is 8.80. The molecule has 0 saturated carbocycles. The Labute approximate surface area is 110 Å². The first-order valence-corrected chi connectivity index (χ1v) is 6.17. The van der Waals surface area contributed by atoms with Crippen molar-refractivity contribution in [3.8, 4) is 6.07 Å². The van der Waals surface area contributed by atoms with Crippen LogP contribution in [-0.2, 0) is 11.3 Å². The number of ether oxygens (including phenoxy) is 1. The van der Waals surface area contributed by atoms with Crippen molar-refractivity contribution in [1.29, 1.82) is 5.26 Å². The molecular formula is C12H16N4O3. The zero-order chi connectivity index (χ0) is 13.8. The largest absolute Gasteiger partial charge is 0.379 e. The number of nitrogens with zero attached hydrogens (tertiary/aromatic N) is 3. The lowest BCUT2D eigenvalue weighted by atomic mass is 10.2. The lowest BCUT2D eigenvalue weighted by Gasteiger charge is -2.32. The van der Waals surface area contributed by atoms with E-state index in [9.17, 15) is 9.59 Å². The highest BCUT2D eigenvalue weighted by molar-refractivity contribution is 5.21. The standard InChI is InChI=1S/C12H16N4O3/c1-9(15-2-4-19-5-3-15)7-16-8-10(6-13)11(17)14-12(16)18/h8-9H,2-5,7H2,1H3,(H,14,17,18)/t9-/m0/s1. The Morgan fingerprint density at radius 2 is 2.16 bits per heavy atom. The summed E-state index contributed by atoms with van der Waals surface area (Å²) in [6.07, 6.45) is 1.32. The molecule has 7 nitrogen and oxygen atoms in total. The number of hydrogen-bond donors (Lipinski definition) is 1. The van der Waals surface area contributed by atoms with E-state index in [2.05, 4.69) is 9.88 Å². The van der Waals surface area contributed by atoms with Crippen LogP contribution in [0.15, 0.2) is 15.8 Å². The van der Waals surface area contributed by atoms with Crippen molar-refractivity contribution in [3.63, 3.8) is 0 Å². The third-order valence-electron chi connectivity index (χ3n) is 3.26. The Bertz CT molecular complexity index is 592. The number of nitrogens with one attached hydrogen (secondary N) is 1. The predicted octanol–water partition coefficient (Wildman–Crippen LogP) is -0.871. The average Bonchev–Trinajstić information content (AvgIpc) is 2.42. The van der Waals surface area contributed by atoms with Crippen LogP contribution >= 0.6 is 0 Å². The van der Waals surface area contributed by atoms with Gasteiger partial charge in [0.1, 0.15) is 11.6 Å². The van der Waals surface area contributed by atoms with Gasteiger partial charge in [-0.1, -0.05) is 0 Å². The van der Waals surface area contributed by atoms with Crippen LogP contribution in [0.5, 0.6) is 0 Å². The van der Waals surface area contributed by atoms with E-state index in [1.807, 2.05) is 6.92 Å². The van der Waals surface area contributed by atoms with Crippen LogP contribution in [0.3, 0.4) is 0 Å². The molecule has 1 aliphatic heterocycles. The summed E-state index contributed by atoms with van der Waals surface area (Å²) in [7, 11) is 0. The number of morpholine rings is 1. The van der Waals surface area contributed by atoms with Crippen LogP contribution in [-0.4, -0.2) is 46.8 Å². The monoisotopic (exact) mass is 264 g/mol. The van der Waals surface area contributed by atoms with Gasteiger partial charge in [0.2, 0.25) is 0 Å². The Balaban J connectivity index is 2.16. The molecule has 1 fully saturated rings. The van der Waals surface area contributed by atoms with Crippen molar-refractivity contribution in [3.05, 3.63) is 32.6 Å². The van der Waals surface area contributed by atoms with E-state index in [4.69, 9.17) is 10.00 Å². The van der Waals surface area contributed by atoms with Gasteiger partial charge in [-0.2, -0.15) is 5.26 Å². The fourth-order valence-electron chi connectivity index (χ4n) is 2.14. The van der Waals surface area contributed by atoms with Gasteiger partial charge in [-0.25, -0.2) is 4.79 Å². The van der Waals surface area contributed by atoms with E-state index >= 15 is 0 Å². The average molecular weight is 264 g/mol. The molecule has 0 radical (unpaired) electrons. The topological polar surface area (TPSA) is 91.1 Å². The normalized spacial score (nSPS) is 17.9. The van der Waals surface area contributed by atoms with Crippen molar-refractivity contribution < 1.29 is 4.74 Å². The molecule has 2 rings (SSSR count). The maximum Gasteiger partial charge on any atom is 0.328 e. The molecule has 102 valence electrons. The molecule has 19 heavy (non-hydrogen) atoms. The van der Waals surface area contributed by atoms with Crippen LogP contribution in [0.4, 0.5) is 0 Å². The Kier molecular flexibility index (Phi) is 4.14. The first-order valence-electron chi connectivity index (χ1n) is 6.17. The molecule has 1 saturated heterocycles. The molecule has 0 spiro atoms. The van der Waals surface area contributed by atoms with Crippen molar-refractivity contribution in [2.45, 2.75) is 19.5 Å². The summed E-state index contributed by atoms with van der Waals surface area (Å²) in [6, 6.07) is 1.92. The number of nitriles is 1. The van der Waals surface area contributed by atoms with E-state index < -0.39 is 11.2 Å². The molecule has 1 aromatic rings. The molecule has 2 heterocycles. The number of aromatic amines is 1. The van der Waals surface area contributed by atoms with E-state index in [0.717, 1.165) is 13.1 Å². The molecule has 7 heteroatoms. The maximum atomic E-state index is 11.7. The summed E-state index contributed by atoms with van der Waals surface area (Å²) < 4.78 is 6.65. The van der Waals surface area contributed by atoms with E-state index in [0.29, 0.717) is 19.8 Å². The third kappa shape index (κ3) is 3.10. The Morgan fingerprint density at radius 1 is 1.47 bits per heavy atom. The van der Waals surface area contributed by atoms with Gasteiger partial charge in [0, 0.05) is 31.9 Å². The van der Waals surface area contributed by atoms with Gasteiger partial charge in [0.25, 0.3) is 5.56 Å². The van der Waals surface area contributed by atoms with Crippen LogP contribution in [0.1, 0.15) is 12.5 Å². The lowest BCUT2D eigenvalue weighted by molar-refractivity contribution is 0.0167. The van der Waals surface area contributed by atoms with E-state index in [-0.39, 0.29) is 11.6 Å². The minimum absolute atomic E-state index is 0.0474. The van der Waals surface area contributed by atoms with Crippen LogP contribution in [0, 0.1) is 11.3 Å². The molecule has 1 aromatic heterocycles. The summed E-state index contributed by atoms with van der Waals surface area (Å²) >= 11 is 0. The Morgan fingerprint density at radius 3 is 2.79 bits per heavy atom. The molecule has 0 amide bonds. The molecule has 0 aromatic carbocycles. The van der Waals surface area contributed by atoms with Gasteiger partial charge in [0.15, 0.2) is 0 Å². The second-order valence-electron chi connectivity index (χ2n) is 4.56. The van der Waals surface area contributed by atoms with Gasteiger partial charge in [0.05, 0.1) is 13.2 Å². The smallest absolute Gasteiger partial charge is 0.328 e. The van der Waals surface area contributed by atoms with Crippen LogP contribution in [0.25, 0.3) is 0 Å². The number of hydrogen-bond acceptors (Lipinski definition) is 5. The second kappa shape index (κ2) is 5.82.